The maximum atomic E-state index is 11.5. The molecule has 6 heteroatoms. The fraction of sp³-hybridized carbons (Fsp3) is 0.0667. The summed E-state index contributed by atoms with van der Waals surface area (Å²) >= 11 is 0. The Balaban J connectivity index is 2.30. The van der Waals surface area contributed by atoms with Gasteiger partial charge < -0.3 is 15.1 Å². The molecule has 0 heterocycles. The van der Waals surface area contributed by atoms with Crippen LogP contribution in [0.25, 0.3) is 0 Å². The minimum absolute atomic E-state index is 0.166. The van der Waals surface area contributed by atoms with E-state index >= 15 is 0 Å². The number of rotatable bonds is 5. The van der Waals surface area contributed by atoms with Gasteiger partial charge in [0.1, 0.15) is 5.66 Å². The van der Waals surface area contributed by atoms with Crippen molar-refractivity contribution in [3.05, 3.63) is 70.8 Å². The molecule has 0 aromatic heterocycles. The monoisotopic (exact) mass is 304 g/mol. The highest BCUT2D eigenvalue weighted by Crippen LogP contribution is 2.35. The zero-order chi connectivity index (χ0) is 15.4. The molecule has 1 atom stereocenters. The van der Waals surface area contributed by atoms with Gasteiger partial charge in [-0.2, -0.15) is 0 Å². The first kappa shape index (κ1) is 15.2. The minimum atomic E-state index is -1.17. The van der Waals surface area contributed by atoms with E-state index in [1.807, 2.05) is 0 Å². The second-order valence-corrected chi connectivity index (χ2v) is 5.41. The Labute approximate surface area is 122 Å². The summed E-state index contributed by atoms with van der Waals surface area (Å²) < 4.78 is 0. The molecular weight excluding hydrogens is 291 g/mol. The molecule has 5 nitrogen and oxygen atoms in total. The fourth-order valence-corrected chi connectivity index (χ4v) is 2.77. The number of carboxylic acids is 2. The third-order valence-electron chi connectivity index (χ3n) is 3.17. The zero-order valence-corrected chi connectivity index (χ0v) is 12.0. The highest BCUT2D eigenvalue weighted by Gasteiger charge is 2.16. The van der Waals surface area contributed by atoms with Crippen molar-refractivity contribution < 1.29 is 24.7 Å². The molecule has 2 rings (SSSR count). The molecule has 0 bridgehead atoms. The van der Waals surface area contributed by atoms with Gasteiger partial charge >= 0.3 is 11.9 Å². The van der Waals surface area contributed by atoms with Crippen LogP contribution in [0.15, 0.2) is 48.5 Å². The van der Waals surface area contributed by atoms with E-state index < -0.39 is 20.7 Å². The molecular formula is C15H13O5P. The molecule has 0 fully saturated rings. The van der Waals surface area contributed by atoms with Crippen LogP contribution in [0.4, 0.5) is 0 Å². The van der Waals surface area contributed by atoms with E-state index in [0.29, 0.717) is 0 Å². The van der Waals surface area contributed by atoms with E-state index in [2.05, 4.69) is 0 Å². The lowest BCUT2D eigenvalue weighted by atomic mass is 10.0. The normalized spacial score (nSPS) is 11.1. The predicted octanol–water partition coefficient (Wildman–Crippen LogP) is 1.86. The SMILES string of the molecule is O=C(O)c1ccc(C([PH2+][O-])c2ccc(C(=O)O)cc2)cc1. The summed E-state index contributed by atoms with van der Waals surface area (Å²) in [4.78, 5) is 33.1. The summed E-state index contributed by atoms with van der Waals surface area (Å²) in [5.74, 6) is -2.03. The van der Waals surface area contributed by atoms with Crippen LogP contribution < -0.4 is 4.89 Å². The van der Waals surface area contributed by atoms with Gasteiger partial charge in [0, 0.05) is 0 Å². The second kappa shape index (κ2) is 6.48. The van der Waals surface area contributed by atoms with Crippen LogP contribution in [0.1, 0.15) is 37.5 Å². The molecule has 0 saturated heterocycles. The summed E-state index contributed by atoms with van der Waals surface area (Å²) in [6, 6.07) is 12.4. The van der Waals surface area contributed by atoms with Gasteiger partial charge in [0.25, 0.3) is 0 Å². The molecule has 2 aromatic rings. The van der Waals surface area contributed by atoms with Crippen molar-refractivity contribution in [1.29, 1.82) is 0 Å². The third-order valence-corrected chi connectivity index (χ3v) is 4.21. The molecule has 21 heavy (non-hydrogen) atoms. The molecule has 0 saturated carbocycles. The molecule has 0 amide bonds. The number of aromatic carboxylic acids is 2. The smallest absolute Gasteiger partial charge is 0.335 e. The van der Waals surface area contributed by atoms with Gasteiger partial charge in [-0.15, -0.1) is 0 Å². The molecule has 2 N–H and O–H groups in total. The maximum absolute atomic E-state index is 11.5. The van der Waals surface area contributed by atoms with Crippen LogP contribution in [0.3, 0.4) is 0 Å². The highest BCUT2D eigenvalue weighted by atomic mass is 31.1. The lowest BCUT2D eigenvalue weighted by Gasteiger charge is -2.15. The lowest BCUT2D eigenvalue weighted by molar-refractivity contribution is -0.151. The molecule has 108 valence electrons. The van der Waals surface area contributed by atoms with E-state index in [9.17, 15) is 14.5 Å². The van der Waals surface area contributed by atoms with E-state index in [-0.39, 0.29) is 16.8 Å². The van der Waals surface area contributed by atoms with Crippen molar-refractivity contribution in [3.8, 4) is 0 Å². The van der Waals surface area contributed by atoms with Crippen molar-refractivity contribution in [2.45, 2.75) is 5.66 Å². The third kappa shape index (κ3) is 3.45. The molecule has 1 unspecified atom stereocenters. The van der Waals surface area contributed by atoms with Crippen LogP contribution in [0.5, 0.6) is 0 Å². The first-order valence-electron chi connectivity index (χ1n) is 6.14. The Kier molecular flexibility index (Phi) is 4.68. The van der Waals surface area contributed by atoms with Gasteiger partial charge in [-0.25, -0.2) is 9.59 Å². The van der Waals surface area contributed by atoms with Crippen LogP contribution >= 0.6 is 8.81 Å². The predicted molar refractivity (Wildman–Crippen MR) is 78.4 cm³/mol. The molecule has 0 aliphatic rings. The quantitative estimate of drug-likeness (QED) is 0.822. The molecule has 0 aliphatic carbocycles. The Bertz CT molecular complexity index is 591. The van der Waals surface area contributed by atoms with Crippen molar-refractivity contribution in [2.24, 2.45) is 0 Å². The average molecular weight is 304 g/mol. The van der Waals surface area contributed by atoms with Gasteiger partial charge in [0.15, 0.2) is 0 Å². The van der Waals surface area contributed by atoms with E-state index in [4.69, 9.17) is 10.2 Å². The lowest BCUT2D eigenvalue weighted by Crippen LogP contribution is -2.03. The van der Waals surface area contributed by atoms with E-state index in [0.717, 1.165) is 11.1 Å². The molecule has 0 spiro atoms. The van der Waals surface area contributed by atoms with Crippen molar-refractivity contribution in [2.75, 3.05) is 0 Å². The number of hydrogen-bond acceptors (Lipinski definition) is 3. The maximum Gasteiger partial charge on any atom is 0.335 e. The standard InChI is InChI=1S/C15H13O5P/c16-14(17)11-5-1-9(2-6-11)13(21-20)10-3-7-12(8-4-10)15(18)19/h1-8,13H,21H2,(H,16,17)(H,18,19). The molecule has 0 aliphatic heterocycles. The van der Waals surface area contributed by atoms with Crippen molar-refractivity contribution in [1.82, 2.24) is 0 Å². The van der Waals surface area contributed by atoms with Crippen LogP contribution in [0.2, 0.25) is 0 Å². The molecule has 2 aromatic carbocycles. The Hall–Kier alpha value is -2.23. The van der Waals surface area contributed by atoms with Crippen molar-refractivity contribution >= 4 is 20.7 Å². The van der Waals surface area contributed by atoms with Gasteiger partial charge in [-0.05, 0) is 35.4 Å². The topological polar surface area (TPSA) is 97.7 Å². The van der Waals surface area contributed by atoms with Crippen molar-refractivity contribution in [3.63, 3.8) is 0 Å². The molecule has 0 radical (unpaired) electrons. The summed E-state index contributed by atoms with van der Waals surface area (Å²) in [6.07, 6.45) is 0. The highest BCUT2D eigenvalue weighted by molar-refractivity contribution is 7.30. The van der Waals surface area contributed by atoms with Crippen LogP contribution in [-0.4, -0.2) is 22.2 Å². The van der Waals surface area contributed by atoms with E-state index in [1.54, 1.807) is 24.3 Å². The largest absolute Gasteiger partial charge is 0.682 e. The Morgan fingerprint density at radius 1 is 0.810 bits per heavy atom. The number of benzene rings is 2. The van der Waals surface area contributed by atoms with E-state index in [1.165, 1.54) is 24.3 Å². The summed E-state index contributed by atoms with van der Waals surface area (Å²) in [5.41, 5.74) is 1.47. The van der Waals surface area contributed by atoms with Crippen LogP contribution in [-0.2, 0) is 0 Å². The Morgan fingerprint density at radius 2 is 1.14 bits per heavy atom. The number of carbonyl (C=O) groups is 2. The van der Waals surface area contributed by atoms with Gasteiger partial charge in [-0.3, -0.25) is 0 Å². The summed E-state index contributed by atoms with van der Waals surface area (Å²) in [6.45, 7) is 0. The first-order chi connectivity index (χ1) is 10.0. The number of carboxylic acid groups (broad SMARTS) is 2. The Morgan fingerprint density at radius 3 is 1.38 bits per heavy atom. The fourth-order valence-electron chi connectivity index (χ4n) is 2.02. The van der Waals surface area contributed by atoms with Gasteiger partial charge in [0.2, 0.25) is 0 Å². The summed E-state index contributed by atoms with van der Waals surface area (Å²) in [7, 11) is -1.17. The first-order valence-corrected chi connectivity index (χ1v) is 7.28. The second-order valence-electron chi connectivity index (χ2n) is 4.47. The zero-order valence-electron chi connectivity index (χ0n) is 10.9. The van der Waals surface area contributed by atoms with Gasteiger partial charge in [-0.1, -0.05) is 33.1 Å². The van der Waals surface area contributed by atoms with Crippen LogP contribution in [0, 0.1) is 0 Å². The average Bonchev–Trinajstić information content (AvgIpc) is 2.49. The summed E-state index contributed by atoms with van der Waals surface area (Å²) in [5, 5.41) is 17.7. The number of hydrogen-bond donors (Lipinski definition) is 2. The minimum Gasteiger partial charge on any atom is -0.682 e. The van der Waals surface area contributed by atoms with Gasteiger partial charge in [0.05, 0.1) is 11.1 Å².